The Hall–Kier alpha value is -3.57. The summed E-state index contributed by atoms with van der Waals surface area (Å²) in [5, 5.41) is 7.26. The van der Waals surface area contributed by atoms with E-state index in [9.17, 15) is 18.0 Å². The number of hydrogen-bond donors (Lipinski definition) is 1. The molecule has 7 nitrogen and oxygen atoms in total. The third-order valence-corrected chi connectivity index (χ3v) is 6.82. The summed E-state index contributed by atoms with van der Waals surface area (Å²) >= 11 is 1.47. The van der Waals surface area contributed by atoms with Crippen molar-refractivity contribution in [2.24, 2.45) is 0 Å². The van der Waals surface area contributed by atoms with Gasteiger partial charge in [-0.3, -0.25) is 14.7 Å². The first-order valence-corrected chi connectivity index (χ1v) is 12.4. The molecule has 1 aliphatic rings. The van der Waals surface area contributed by atoms with Crippen LogP contribution in [0.4, 0.5) is 19.0 Å². The van der Waals surface area contributed by atoms with E-state index in [0.717, 1.165) is 24.7 Å². The largest absolute Gasteiger partial charge is 0.433 e. The van der Waals surface area contributed by atoms with Crippen LogP contribution in [-0.2, 0) is 6.18 Å². The van der Waals surface area contributed by atoms with Gasteiger partial charge in [0.1, 0.15) is 11.5 Å². The Kier molecular flexibility index (Phi) is 6.84. The SMILES string of the molecule is O=C(NCCN1CCN(c2ncc(-c3ccsc3)c3nc(C(F)(F)F)ccc23)CC1)c1cccnc1. The van der Waals surface area contributed by atoms with E-state index < -0.39 is 11.9 Å². The maximum atomic E-state index is 13.4. The number of piperazine rings is 1. The van der Waals surface area contributed by atoms with E-state index >= 15 is 0 Å². The Morgan fingerprint density at radius 1 is 1.08 bits per heavy atom. The van der Waals surface area contributed by atoms with Gasteiger partial charge in [0.2, 0.25) is 0 Å². The van der Waals surface area contributed by atoms with Gasteiger partial charge in [-0.15, -0.1) is 0 Å². The Morgan fingerprint density at radius 2 is 1.92 bits per heavy atom. The third-order valence-electron chi connectivity index (χ3n) is 6.14. The van der Waals surface area contributed by atoms with Gasteiger partial charge in [0.25, 0.3) is 5.91 Å². The number of thiophene rings is 1. The number of nitrogens with zero attached hydrogens (tertiary/aromatic N) is 5. The highest BCUT2D eigenvalue weighted by atomic mass is 32.1. The van der Waals surface area contributed by atoms with E-state index in [-0.39, 0.29) is 5.91 Å². The van der Waals surface area contributed by atoms with E-state index in [1.165, 1.54) is 23.6 Å². The standard InChI is InChI=1S/C25H23F3N6OS/c26-25(27,28)21-4-3-19-22(32-21)20(18-5-13-36-16-18)15-31-23(19)34-11-9-33(10-12-34)8-7-30-24(35)17-2-1-6-29-14-17/h1-6,13-16H,7-12H2,(H,30,35). The normalized spacial score (nSPS) is 14.8. The lowest BCUT2D eigenvalue weighted by Gasteiger charge is -2.36. The average molecular weight is 513 g/mol. The maximum absolute atomic E-state index is 13.4. The minimum absolute atomic E-state index is 0.158. The van der Waals surface area contributed by atoms with Crippen LogP contribution in [0.3, 0.4) is 0 Å². The first kappa shape index (κ1) is 24.1. The molecular formula is C25H23F3N6OS. The van der Waals surface area contributed by atoms with Crippen molar-refractivity contribution in [3.8, 4) is 11.1 Å². The zero-order valence-corrected chi connectivity index (χ0v) is 20.0. The molecule has 0 aromatic carbocycles. The Labute approximate surface area is 209 Å². The summed E-state index contributed by atoms with van der Waals surface area (Å²) in [5.41, 5.74) is 1.29. The number of pyridine rings is 3. The molecule has 1 amide bonds. The molecular weight excluding hydrogens is 489 g/mol. The fraction of sp³-hybridized carbons (Fsp3) is 0.280. The van der Waals surface area contributed by atoms with Crippen LogP contribution < -0.4 is 10.2 Å². The smallest absolute Gasteiger partial charge is 0.353 e. The van der Waals surface area contributed by atoms with Crippen LogP contribution in [0.1, 0.15) is 16.1 Å². The molecule has 0 spiro atoms. The zero-order valence-electron chi connectivity index (χ0n) is 19.2. The number of carbonyl (C=O) groups excluding carboxylic acids is 1. The molecule has 1 fully saturated rings. The van der Waals surface area contributed by atoms with Crippen LogP contribution in [0.15, 0.2) is 59.7 Å². The lowest BCUT2D eigenvalue weighted by molar-refractivity contribution is -0.140. The van der Waals surface area contributed by atoms with Crippen molar-refractivity contribution in [3.05, 3.63) is 70.9 Å². The van der Waals surface area contributed by atoms with E-state index in [1.807, 2.05) is 16.8 Å². The van der Waals surface area contributed by atoms with Crippen molar-refractivity contribution in [2.45, 2.75) is 6.18 Å². The highest BCUT2D eigenvalue weighted by Gasteiger charge is 2.33. The van der Waals surface area contributed by atoms with Crippen molar-refractivity contribution in [2.75, 3.05) is 44.2 Å². The molecule has 5 rings (SSSR count). The van der Waals surface area contributed by atoms with Crippen molar-refractivity contribution < 1.29 is 18.0 Å². The summed E-state index contributed by atoms with van der Waals surface area (Å²) in [6.07, 6.45) is 0.242. The summed E-state index contributed by atoms with van der Waals surface area (Å²) in [5.74, 6) is 0.476. The number of anilines is 1. The summed E-state index contributed by atoms with van der Waals surface area (Å²) in [6.45, 7) is 4.02. The van der Waals surface area contributed by atoms with Crippen LogP contribution in [-0.4, -0.2) is 65.0 Å². The van der Waals surface area contributed by atoms with Gasteiger partial charge in [-0.05, 0) is 46.7 Å². The van der Waals surface area contributed by atoms with Crippen LogP contribution in [0, 0.1) is 0 Å². The van der Waals surface area contributed by atoms with Gasteiger partial charge in [0.05, 0.1) is 11.1 Å². The lowest BCUT2D eigenvalue weighted by atomic mass is 10.1. The minimum Gasteiger partial charge on any atom is -0.353 e. The van der Waals surface area contributed by atoms with Gasteiger partial charge in [0, 0.05) is 68.8 Å². The second kappa shape index (κ2) is 10.2. The second-order valence-corrected chi connectivity index (χ2v) is 9.20. The van der Waals surface area contributed by atoms with Gasteiger partial charge >= 0.3 is 6.18 Å². The van der Waals surface area contributed by atoms with Gasteiger partial charge in [0.15, 0.2) is 0 Å². The highest BCUT2D eigenvalue weighted by molar-refractivity contribution is 7.08. The fourth-order valence-electron chi connectivity index (χ4n) is 4.25. The first-order valence-electron chi connectivity index (χ1n) is 11.5. The van der Waals surface area contributed by atoms with Crippen molar-refractivity contribution in [1.82, 2.24) is 25.2 Å². The average Bonchev–Trinajstić information content (AvgIpc) is 3.43. The van der Waals surface area contributed by atoms with E-state index in [0.29, 0.717) is 54.0 Å². The van der Waals surface area contributed by atoms with E-state index in [1.54, 1.807) is 24.5 Å². The van der Waals surface area contributed by atoms with Crippen molar-refractivity contribution >= 4 is 34.0 Å². The van der Waals surface area contributed by atoms with Crippen LogP contribution in [0.5, 0.6) is 0 Å². The summed E-state index contributed by atoms with van der Waals surface area (Å²) in [4.78, 5) is 29.1. The van der Waals surface area contributed by atoms with Crippen molar-refractivity contribution in [1.29, 1.82) is 0 Å². The molecule has 0 unspecified atom stereocenters. The molecule has 1 aliphatic heterocycles. The Morgan fingerprint density at radius 3 is 2.61 bits per heavy atom. The first-order chi connectivity index (χ1) is 17.4. The Balaban J connectivity index is 1.29. The number of fused-ring (bicyclic) bond motifs is 1. The molecule has 0 atom stereocenters. The number of alkyl halides is 3. The number of aromatic nitrogens is 3. The molecule has 0 aliphatic carbocycles. The molecule has 36 heavy (non-hydrogen) atoms. The highest BCUT2D eigenvalue weighted by Crippen LogP contribution is 2.36. The Bertz CT molecular complexity index is 1340. The molecule has 4 aromatic heterocycles. The van der Waals surface area contributed by atoms with Gasteiger partial charge in [-0.1, -0.05) is 0 Å². The van der Waals surface area contributed by atoms with Crippen LogP contribution in [0.25, 0.3) is 22.0 Å². The van der Waals surface area contributed by atoms with Gasteiger partial charge < -0.3 is 10.2 Å². The van der Waals surface area contributed by atoms with Crippen LogP contribution >= 0.6 is 11.3 Å². The van der Waals surface area contributed by atoms with E-state index in [2.05, 4.69) is 30.1 Å². The number of nitrogens with one attached hydrogen (secondary N) is 1. The predicted octanol–water partition coefficient (Wildman–Crippen LogP) is 4.32. The fourth-order valence-corrected chi connectivity index (χ4v) is 4.91. The number of halogens is 3. The van der Waals surface area contributed by atoms with Gasteiger partial charge in [-0.2, -0.15) is 24.5 Å². The molecule has 11 heteroatoms. The quantitative estimate of drug-likeness (QED) is 0.415. The molecule has 1 N–H and O–H groups in total. The lowest BCUT2D eigenvalue weighted by Crippen LogP contribution is -2.48. The monoisotopic (exact) mass is 512 g/mol. The van der Waals surface area contributed by atoms with E-state index in [4.69, 9.17) is 0 Å². The molecule has 1 saturated heterocycles. The van der Waals surface area contributed by atoms with Crippen LogP contribution in [0.2, 0.25) is 0 Å². The third kappa shape index (κ3) is 5.17. The summed E-state index contributed by atoms with van der Waals surface area (Å²) in [7, 11) is 0. The predicted molar refractivity (Wildman–Crippen MR) is 133 cm³/mol. The number of hydrogen-bond acceptors (Lipinski definition) is 7. The topological polar surface area (TPSA) is 74.2 Å². The number of amides is 1. The summed E-state index contributed by atoms with van der Waals surface area (Å²) in [6, 6.07) is 7.79. The van der Waals surface area contributed by atoms with Gasteiger partial charge in [-0.25, -0.2) is 9.97 Å². The molecule has 4 aromatic rings. The number of rotatable bonds is 6. The maximum Gasteiger partial charge on any atom is 0.433 e. The second-order valence-electron chi connectivity index (χ2n) is 8.42. The molecule has 0 saturated carbocycles. The summed E-state index contributed by atoms with van der Waals surface area (Å²) < 4.78 is 40.2. The van der Waals surface area contributed by atoms with Crippen molar-refractivity contribution in [3.63, 3.8) is 0 Å². The molecule has 0 radical (unpaired) electrons. The molecule has 5 heterocycles. The molecule has 0 bridgehead atoms. The number of carbonyl (C=O) groups is 1. The zero-order chi connectivity index (χ0) is 25.1. The minimum atomic E-state index is -4.53. The molecule has 186 valence electrons.